The van der Waals surface area contributed by atoms with Crippen LogP contribution in [0.3, 0.4) is 0 Å². The standard InChI is InChI=1S/C13H15N3O2S2/c1-9-12(19-13(14)15-9)20(17,18)16-7-6-10-4-2-3-5-11(10)8-16/h2-5H,6-8H2,1H3,(H2,14,15). The molecule has 2 heterocycles. The Morgan fingerprint density at radius 3 is 2.65 bits per heavy atom. The molecular weight excluding hydrogens is 294 g/mol. The topological polar surface area (TPSA) is 76.3 Å². The molecule has 0 bridgehead atoms. The number of aromatic nitrogens is 1. The molecule has 0 unspecified atom stereocenters. The first-order valence-corrected chi connectivity index (χ1v) is 8.54. The summed E-state index contributed by atoms with van der Waals surface area (Å²) < 4.78 is 27.1. The normalized spacial score (nSPS) is 16.1. The third-order valence-corrected chi connectivity index (χ3v) is 6.86. The van der Waals surface area contributed by atoms with E-state index >= 15 is 0 Å². The van der Waals surface area contributed by atoms with E-state index in [1.165, 1.54) is 9.87 Å². The maximum Gasteiger partial charge on any atom is 0.254 e. The van der Waals surface area contributed by atoms with Crippen molar-refractivity contribution in [3.8, 4) is 0 Å². The molecular formula is C13H15N3O2S2. The van der Waals surface area contributed by atoms with Gasteiger partial charge in [-0.2, -0.15) is 4.31 Å². The molecule has 2 aromatic rings. The zero-order valence-electron chi connectivity index (χ0n) is 11.0. The summed E-state index contributed by atoms with van der Waals surface area (Å²) in [4.78, 5) is 4.01. The molecule has 7 heteroatoms. The number of nitrogens with two attached hydrogens (primary N) is 1. The third-order valence-electron chi connectivity index (χ3n) is 3.44. The third kappa shape index (κ3) is 2.21. The maximum atomic E-state index is 12.7. The van der Waals surface area contributed by atoms with Crippen LogP contribution in [-0.2, 0) is 23.0 Å². The smallest absolute Gasteiger partial charge is 0.254 e. The number of sulfonamides is 1. The highest BCUT2D eigenvalue weighted by molar-refractivity contribution is 7.91. The molecule has 0 saturated heterocycles. The Labute approximate surface area is 122 Å². The van der Waals surface area contributed by atoms with Crippen LogP contribution in [0.5, 0.6) is 0 Å². The molecule has 0 spiro atoms. The lowest BCUT2D eigenvalue weighted by atomic mass is 10.0. The summed E-state index contributed by atoms with van der Waals surface area (Å²) in [5.74, 6) is 0. The van der Waals surface area contributed by atoms with Crippen molar-refractivity contribution in [2.45, 2.75) is 24.1 Å². The van der Waals surface area contributed by atoms with Crippen LogP contribution < -0.4 is 5.73 Å². The van der Waals surface area contributed by atoms with E-state index in [4.69, 9.17) is 5.73 Å². The lowest BCUT2D eigenvalue weighted by Crippen LogP contribution is -2.35. The fourth-order valence-electron chi connectivity index (χ4n) is 2.43. The quantitative estimate of drug-likeness (QED) is 0.917. The summed E-state index contributed by atoms with van der Waals surface area (Å²) in [5.41, 5.74) is 8.37. The first-order valence-electron chi connectivity index (χ1n) is 6.28. The number of anilines is 1. The monoisotopic (exact) mass is 309 g/mol. The minimum absolute atomic E-state index is 0.259. The molecule has 3 rings (SSSR count). The van der Waals surface area contributed by atoms with Gasteiger partial charge >= 0.3 is 0 Å². The van der Waals surface area contributed by atoms with Crippen molar-refractivity contribution in [1.82, 2.24) is 9.29 Å². The van der Waals surface area contributed by atoms with Gasteiger partial charge in [0.05, 0.1) is 5.69 Å². The first-order chi connectivity index (χ1) is 9.48. The molecule has 0 aliphatic carbocycles. The van der Waals surface area contributed by atoms with Gasteiger partial charge < -0.3 is 5.73 Å². The molecule has 0 radical (unpaired) electrons. The molecule has 0 fully saturated rings. The van der Waals surface area contributed by atoms with E-state index in [1.54, 1.807) is 6.92 Å². The SMILES string of the molecule is Cc1nc(N)sc1S(=O)(=O)N1CCc2ccccc2C1. The molecule has 1 aliphatic heterocycles. The second kappa shape index (κ2) is 4.83. The van der Waals surface area contributed by atoms with E-state index in [0.717, 1.165) is 23.3 Å². The molecule has 1 aromatic heterocycles. The predicted molar refractivity (Wildman–Crippen MR) is 79.0 cm³/mol. The highest BCUT2D eigenvalue weighted by Gasteiger charge is 2.31. The Hall–Kier alpha value is -1.44. The number of fused-ring (bicyclic) bond motifs is 1. The molecule has 20 heavy (non-hydrogen) atoms. The second-order valence-electron chi connectivity index (χ2n) is 4.78. The minimum atomic E-state index is -3.51. The van der Waals surface area contributed by atoms with Crippen molar-refractivity contribution < 1.29 is 8.42 Å². The molecule has 5 nitrogen and oxygen atoms in total. The lowest BCUT2D eigenvalue weighted by molar-refractivity contribution is 0.392. The van der Waals surface area contributed by atoms with Gasteiger partial charge in [0.25, 0.3) is 10.0 Å². The number of nitrogen functional groups attached to an aromatic ring is 1. The number of hydrogen-bond donors (Lipinski definition) is 1. The van der Waals surface area contributed by atoms with Gasteiger partial charge in [-0.15, -0.1) is 0 Å². The van der Waals surface area contributed by atoms with Crippen LogP contribution in [0.4, 0.5) is 5.13 Å². The molecule has 0 amide bonds. The summed E-state index contributed by atoms with van der Waals surface area (Å²) >= 11 is 1.03. The molecule has 0 atom stereocenters. The summed E-state index contributed by atoms with van der Waals surface area (Å²) in [6.07, 6.45) is 0.739. The van der Waals surface area contributed by atoms with E-state index in [9.17, 15) is 8.42 Å². The van der Waals surface area contributed by atoms with Gasteiger partial charge in [0.1, 0.15) is 0 Å². The van der Waals surface area contributed by atoms with Crippen LogP contribution in [0, 0.1) is 6.92 Å². The highest BCUT2D eigenvalue weighted by Crippen LogP contribution is 2.31. The van der Waals surface area contributed by atoms with Gasteiger partial charge in [0, 0.05) is 13.1 Å². The van der Waals surface area contributed by atoms with Crippen molar-refractivity contribution in [2.75, 3.05) is 12.3 Å². The fraction of sp³-hybridized carbons (Fsp3) is 0.308. The van der Waals surface area contributed by atoms with Crippen molar-refractivity contribution in [3.63, 3.8) is 0 Å². The summed E-state index contributed by atoms with van der Waals surface area (Å²) in [5, 5.41) is 0.290. The first kappa shape index (κ1) is 13.5. The Bertz CT molecular complexity index is 753. The van der Waals surface area contributed by atoms with Crippen LogP contribution in [-0.4, -0.2) is 24.3 Å². The van der Waals surface area contributed by atoms with E-state index in [2.05, 4.69) is 11.1 Å². The second-order valence-corrected chi connectivity index (χ2v) is 7.95. The van der Waals surface area contributed by atoms with Gasteiger partial charge in [-0.1, -0.05) is 35.6 Å². The Morgan fingerprint density at radius 1 is 1.30 bits per heavy atom. The van der Waals surface area contributed by atoms with Crippen LogP contribution in [0.2, 0.25) is 0 Å². The van der Waals surface area contributed by atoms with Crippen molar-refractivity contribution in [2.24, 2.45) is 0 Å². The van der Waals surface area contributed by atoms with Crippen molar-refractivity contribution >= 4 is 26.5 Å². The summed E-state index contributed by atoms with van der Waals surface area (Å²) in [7, 11) is -3.51. The van der Waals surface area contributed by atoms with Crippen LogP contribution >= 0.6 is 11.3 Å². The minimum Gasteiger partial charge on any atom is -0.375 e. The van der Waals surface area contributed by atoms with E-state index < -0.39 is 10.0 Å². The van der Waals surface area contributed by atoms with Gasteiger partial charge in [0.15, 0.2) is 9.34 Å². The fourth-order valence-corrected chi connectivity index (χ4v) is 5.29. The van der Waals surface area contributed by atoms with Crippen LogP contribution in [0.15, 0.2) is 28.5 Å². The van der Waals surface area contributed by atoms with Crippen molar-refractivity contribution in [1.29, 1.82) is 0 Å². The number of nitrogens with zero attached hydrogens (tertiary/aromatic N) is 2. The van der Waals surface area contributed by atoms with Gasteiger partial charge in [0.2, 0.25) is 0 Å². The molecule has 1 aromatic carbocycles. The van der Waals surface area contributed by atoms with E-state index in [0.29, 0.717) is 23.9 Å². The number of benzene rings is 1. The van der Waals surface area contributed by atoms with Gasteiger partial charge in [-0.05, 0) is 24.5 Å². The highest BCUT2D eigenvalue weighted by atomic mass is 32.2. The predicted octanol–water partition coefficient (Wildman–Crippen LogP) is 1.78. The lowest BCUT2D eigenvalue weighted by Gasteiger charge is -2.27. The summed E-state index contributed by atoms with van der Waals surface area (Å²) in [6, 6.07) is 7.95. The Morgan fingerprint density at radius 2 is 2.00 bits per heavy atom. The van der Waals surface area contributed by atoms with Gasteiger partial charge in [-0.3, -0.25) is 0 Å². The molecule has 1 aliphatic rings. The van der Waals surface area contributed by atoms with Crippen LogP contribution in [0.1, 0.15) is 16.8 Å². The average Bonchev–Trinajstić information content (AvgIpc) is 2.78. The van der Waals surface area contributed by atoms with Crippen LogP contribution in [0.25, 0.3) is 0 Å². The average molecular weight is 309 g/mol. The zero-order chi connectivity index (χ0) is 14.3. The number of thiazole rings is 1. The number of hydrogen-bond acceptors (Lipinski definition) is 5. The molecule has 106 valence electrons. The Balaban J connectivity index is 1.96. The number of aryl methyl sites for hydroxylation is 1. The van der Waals surface area contributed by atoms with Crippen molar-refractivity contribution in [3.05, 3.63) is 41.1 Å². The molecule has 2 N–H and O–H groups in total. The zero-order valence-corrected chi connectivity index (χ0v) is 12.7. The maximum absolute atomic E-state index is 12.7. The number of rotatable bonds is 2. The van der Waals surface area contributed by atoms with E-state index in [1.807, 2.05) is 18.2 Å². The van der Waals surface area contributed by atoms with E-state index in [-0.39, 0.29) is 4.21 Å². The largest absolute Gasteiger partial charge is 0.375 e. The molecule has 0 saturated carbocycles. The summed E-state index contributed by atoms with van der Waals surface area (Å²) in [6.45, 7) is 2.59. The van der Waals surface area contributed by atoms with Gasteiger partial charge in [-0.25, -0.2) is 13.4 Å². The Kier molecular flexibility index (Phi) is 3.27.